The third-order valence-electron chi connectivity index (χ3n) is 4.47. The van der Waals surface area contributed by atoms with Gasteiger partial charge in [0.05, 0.1) is 6.54 Å². The minimum absolute atomic E-state index is 0.337. The van der Waals surface area contributed by atoms with Crippen LogP contribution < -0.4 is 5.32 Å². The molecule has 1 aliphatic heterocycles. The molecule has 0 bridgehead atoms. The molecule has 21 heavy (non-hydrogen) atoms. The molecule has 0 aromatic heterocycles. The molecule has 0 saturated carbocycles. The van der Waals surface area contributed by atoms with Gasteiger partial charge < -0.3 is 10.2 Å². The zero-order valence-corrected chi connectivity index (χ0v) is 14.4. The quantitative estimate of drug-likeness (QED) is 0.672. The van der Waals surface area contributed by atoms with Crippen molar-refractivity contribution in [1.29, 1.82) is 0 Å². The fraction of sp³-hybridized carbons (Fsp3) is 0.941. The third-order valence-corrected chi connectivity index (χ3v) is 4.47. The molecule has 4 heteroatoms. The van der Waals surface area contributed by atoms with E-state index in [1.165, 1.54) is 12.8 Å². The Kier molecular flexibility index (Phi) is 9.68. The molecule has 0 atom stereocenters. The molecule has 124 valence electrons. The van der Waals surface area contributed by atoms with Gasteiger partial charge in [-0.3, -0.25) is 9.69 Å². The number of amides is 1. The van der Waals surface area contributed by atoms with E-state index in [9.17, 15) is 4.79 Å². The molecule has 1 rings (SSSR count). The van der Waals surface area contributed by atoms with Crippen LogP contribution in [0.3, 0.4) is 0 Å². The second-order valence-electron chi connectivity index (χ2n) is 6.37. The van der Waals surface area contributed by atoms with E-state index in [0.717, 1.165) is 64.3 Å². The molecule has 1 amide bonds. The average molecular weight is 297 g/mol. The van der Waals surface area contributed by atoms with Crippen LogP contribution in [0, 0.1) is 5.92 Å². The lowest BCUT2D eigenvalue weighted by Crippen LogP contribution is -2.44. The van der Waals surface area contributed by atoms with Crippen LogP contribution in [0.5, 0.6) is 0 Å². The van der Waals surface area contributed by atoms with Gasteiger partial charge in [0.2, 0.25) is 5.91 Å². The van der Waals surface area contributed by atoms with E-state index in [1.54, 1.807) is 0 Å². The maximum absolute atomic E-state index is 12.5. The van der Waals surface area contributed by atoms with E-state index in [1.807, 2.05) is 7.05 Å². The normalized spacial score (nSPS) is 17.1. The highest BCUT2D eigenvalue weighted by molar-refractivity contribution is 5.78. The Morgan fingerprint density at radius 3 is 2.19 bits per heavy atom. The first-order chi connectivity index (χ1) is 10.2. The first-order valence-corrected chi connectivity index (χ1v) is 8.85. The molecule has 0 radical (unpaired) electrons. The van der Waals surface area contributed by atoms with Crippen LogP contribution in [-0.4, -0.2) is 62.0 Å². The second-order valence-corrected chi connectivity index (χ2v) is 6.37. The Morgan fingerprint density at radius 2 is 1.71 bits per heavy atom. The lowest BCUT2D eigenvalue weighted by atomic mass is 9.97. The van der Waals surface area contributed by atoms with Crippen LogP contribution in [0.2, 0.25) is 0 Å². The lowest BCUT2D eigenvalue weighted by Gasteiger charge is -2.33. The first-order valence-electron chi connectivity index (χ1n) is 8.85. The fourth-order valence-corrected chi connectivity index (χ4v) is 2.99. The minimum atomic E-state index is 0.337. The number of piperidine rings is 1. The molecule has 1 N–H and O–H groups in total. The zero-order chi connectivity index (χ0) is 15.5. The predicted octanol–water partition coefficient (Wildman–Crippen LogP) is 2.35. The summed E-state index contributed by atoms with van der Waals surface area (Å²) < 4.78 is 0. The number of nitrogens with one attached hydrogen (secondary N) is 1. The topological polar surface area (TPSA) is 35.6 Å². The molecule has 0 aromatic carbocycles. The Morgan fingerprint density at radius 1 is 1.14 bits per heavy atom. The van der Waals surface area contributed by atoms with Gasteiger partial charge in [0, 0.05) is 13.1 Å². The highest BCUT2D eigenvalue weighted by Crippen LogP contribution is 2.16. The van der Waals surface area contributed by atoms with Gasteiger partial charge in [-0.2, -0.15) is 0 Å². The number of nitrogens with zero attached hydrogens (tertiary/aromatic N) is 2. The summed E-state index contributed by atoms with van der Waals surface area (Å²) in [5.74, 6) is 1.13. The van der Waals surface area contributed by atoms with Gasteiger partial charge in [0.1, 0.15) is 0 Å². The van der Waals surface area contributed by atoms with Crippen LogP contribution in [-0.2, 0) is 4.79 Å². The largest absolute Gasteiger partial charge is 0.342 e. The predicted molar refractivity (Wildman–Crippen MR) is 89.5 cm³/mol. The number of carbonyl (C=O) groups excluding carboxylic acids is 1. The monoisotopic (exact) mass is 297 g/mol. The van der Waals surface area contributed by atoms with E-state index in [2.05, 4.69) is 29.0 Å². The smallest absolute Gasteiger partial charge is 0.236 e. The zero-order valence-electron chi connectivity index (χ0n) is 14.4. The second kappa shape index (κ2) is 11.0. The van der Waals surface area contributed by atoms with Crippen LogP contribution in [0.25, 0.3) is 0 Å². The highest BCUT2D eigenvalue weighted by Gasteiger charge is 2.22. The molecule has 1 aliphatic rings. The Balaban J connectivity index is 2.34. The molecule has 1 saturated heterocycles. The number of rotatable bonds is 10. The molecule has 0 spiro atoms. The summed E-state index contributed by atoms with van der Waals surface area (Å²) in [6, 6.07) is 0. The van der Waals surface area contributed by atoms with Crippen molar-refractivity contribution in [2.24, 2.45) is 5.92 Å². The molecule has 0 aromatic rings. The summed E-state index contributed by atoms with van der Waals surface area (Å²) in [6.07, 6.45) is 7.01. The minimum Gasteiger partial charge on any atom is -0.342 e. The Bertz CT molecular complexity index is 267. The number of unbranched alkanes of at least 4 members (excludes halogenated alkanes) is 2. The van der Waals surface area contributed by atoms with Gasteiger partial charge in [-0.25, -0.2) is 0 Å². The maximum atomic E-state index is 12.5. The molecule has 0 unspecified atom stereocenters. The Labute approximate surface area is 131 Å². The van der Waals surface area contributed by atoms with Crippen molar-refractivity contribution in [2.45, 2.75) is 52.4 Å². The van der Waals surface area contributed by atoms with Gasteiger partial charge in [-0.1, -0.05) is 26.7 Å². The molecule has 4 nitrogen and oxygen atoms in total. The maximum Gasteiger partial charge on any atom is 0.236 e. The van der Waals surface area contributed by atoms with Crippen molar-refractivity contribution >= 4 is 5.91 Å². The van der Waals surface area contributed by atoms with Crippen LogP contribution in [0.4, 0.5) is 0 Å². The number of carbonyl (C=O) groups is 1. The van der Waals surface area contributed by atoms with Crippen molar-refractivity contribution in [3.05, 3.63) is 0 Å². The highest BCUT2D eigenvalue weighted by atomic mass is 16.2. The van der Waals surface area contributed by atoms with Crippen LogP contribution in [0.1, 0.15) is 52.4 Å². The van der Waals surface area contributed by atoms with Gasteiger partial charge in [0.15, 0.2) is 0 Å². The summed E-state index contributed by atoms with van der Waals surface area (Å²) in [5, 5.41) is 3.26. The number of hydrogen-bond acceptors (Lipinski definition) is 3. The van der Waals surface area contributed by atoms with Gasteiger partial charge in [-0.05, 0) is 58.3 Å². The molecule has 1 fully saturated rings. The van der Waals surface area contributed by atoms with Gasteiger partial charge >= 0.3 is 0 Å². The molecule has 1 heterocycles. The summed E-state index contributed by atoms with van der Waals surface area (Å²) in [7, 11) is 2.02. The number of hydrogen-bond donors (Lipinski definition) is 1. The standard InChI is InChI=1S/C17H35N3O/c1-4-6-10-20(11-7-5-2)17(21)15-19-12-8-16(9-13-19)14-18-3/h16,18H,4-15H2,1-3H3. The number of likely N-dealkylation sites (tertiary alicyclic amines) is 1. The van der Waals surface area contributed by atoms with Gasteiger partial charge in [-0.15, -0.1) is 0 Å². The van der Waals surface area contributed by atoms with E-state index in [0.29, 0.717) is 12.5 Å². The Hall–Kier alpha value is -0.610. The van der Waals surface area contributed by atoms with Crippen LogP contribution >= 0.6 is 0 Å². The van der Waals surface area contributed by atoms with Crippen molar-refractivity contribution in [1.82, 2.24) is 15.1 Å². The SMILES string of the molecule is CCCCN(CCCC)C(=O)CN1CCC(CNC)CC1. The summed E-state index contributed by atoms with van der Waals surface area (Å²) in [5.41, 5.74) is 0. The molecular weight excluding hydrogens is 262 g/mol. The van der Waals surface area contributed by atoms with Crippen molar-refractivity contribution in [3.63, 3.8) is 0 Å². The third kappa shape index (κ3) is 7.28. The molecular formula is C17H35N3O. The van der Waals surface area contributed by atoms with Gasteiger partial charge in [0.25, 0.3) is 0 Å². The fourth-order valence-electron chi connectivity index (χ4n) is 2.99. The van der Waals surface area contributed by atoms with E-state index >= 15 is 0 Å². The summed E-state index contributed by atoms with van der Waals surface area (Å²) in [4.78, 5) is 16.9. The molecule has 0 aliphatic carbocycles. The summed E-state index contributed by atoms with van der Waals surface area (Å²) in [6.45, 7) is 10.1. The van der Waals surface area contributed by atoms with Crippen LogP contribution in [0.15, 0.2) is 0 Å². The van der Waals surface area contributed by atoms with Crippen molar-refractivity contribution < 1.29 is 4.79 Å². The van der Waals surface area contributed by atoms with E-state index in [4.69, 9.17) is 0 Å². The van der Waals surface area contributed by atoms with E-state index < -0.39 is 0 Å². The van der Waals surface area contributed by atoms with Crippen molar-refractivity contribution in [3.8, 4) is 0 Å². The summed E-state index contributed by atoms with van der Waals surface area (Å²) >= 11 is 0. The average Bonchev–Trinajstić information content (AvgIpc) is 2.49. The van der Waals surface area contributed by atoms with Crippen molar-refractivity contribution in [2.75, 3.05) is 46.3 Å². The lowest BCUT2D eigenvalue weighted by molar-refractivity contribution is -0.133. The first kappa shape index (κ1) is 18.4. The van der Waals surface area contributed by atoms with E-state index in [-0.39, 0.29) is 0 Å².